The maximum Gasteiger partial charge on any atom is 0.282 e. The van der Waals surface area contributed by atoms with Crippen molar-refractivity contribution in [2.45, 2.75) is 12.8 Å². The van der Waals surface area contributed by atoms with Gasteiger partial charge in [0.15, 0.2) is 11.5 Å². The Morgan fingerprint density at radius 3 is 2.78 bits per heavy atom. The summed E-state index contributed by atoms with van der Waals surface area (Å²) in [4.78, 5) is 7.36. The van der Waals surface area contributed by atoms with E-state index in [0.29, 0.717) is 18.7 Å². The van der Waals surface area contributed by atoms with Crippen molar-refractivity contribution in [1.82, 2.24) is 9.97 Å². The Kier molecular flexibility index (Phi) is 8.75. The third-order valence-corrected chi connectivity index (χ3v) is 3.83. The molecule has 0 saturated carbocycles. The molecule has 0 bridgehead atoms. The van der Waals surface area contributed by atoms with Crippen LogP contribution in [-0.4, -0.2) is 34.8 Å². The van der Waals surface area contributed by atoms with Crippen molar-refractivity contribution in [1.29, 1.82) is 0 Å². The fraction of sp³-hybridized carbons (Fsp3) is 0.333. The quantitative estimate of drug-likeness (QED) is 0.387. The summed E-state index contributed by atoms with van der Waals surface area (Å²) in [6, 6.07) is 5.64. The molecule has 12 heteroatoms. The summed E-state index contributed by atoms with van der Waals surface area (Å²) in [5.74, 6) is 1.63. The molecule has 0 radical (unpaired) electrons. The number of nitrogens with zero attached hydrogens (tertiary/aromatic N) is 2. The fourth-order valence-corrected chi connectivity index (χ4v) is 2.42. The molecule has 2 N–H and O–H groups in total. The number of fused-ring (bicyclic) bond motifs is 1. The summed E-state index contributed by atoms with van der Waals surface area (Å²) in [6.45, 7) is 0.711. The van der Waals surface area contributed by atoms with E-state index in [4.69, 9.17) is 26.3 Å². The molecule has 0 amide bonds. The first-order chi connectivity index (χ1) is 13.1. The van der Waals surface area contributed by atoms with Crippen LogP contribution in [0.15, 0.2) is 24.5 Å². The summed E-state index contributed by atoms with van der Waals surface area (Å²) >= 11 is 6.79. The second-order valence-electron chi connectivity index (χ2n) is 4.90. The highest BCUT2D eigenvalue weighted by atomic mass is 35.5. The van der Waals surface area contributed by atoms with Crippen molar-refractivity contribution >= 4 is 29.5 Å². The van der Waals surface area contributed by atoms with Gasteiger partial charge in [-0.25, -0.2) is 24.0 Å². The first-order valence-electron chi connectivity index (χ1n) is 7.48. The van der Waals surface area contributed by atoms with Crippen LogP contribution in [0.3, 0.4) is 0 Å². The minimum atomic E-state index is -2.73. The van der Waals surface area contributed by atoms with Crippen molar-refractivity contribution in [2.24, 2.45) is 0 Å². The predicted octanol–water partition coefficient (Wildman–Crippen LogP) is 4.14. The Labute approximate surface area is 162 Å². The van der Waals surface area contributed by atoms with Gasteiger partial charge in [-0.05, 0) is 24.1 Å². The van der Waals surface area contributed by atoms with Gasteiger partial charge in [0.2, 0.25) is 6.79 Å². The number of nitrogens with one attached hydrogen (secondary N) is 1. The van der Waals surface area contributed by atoms with Crippen molar-refractivity contribution in [3.63, 3.8) is 0 Å². The fourth-order valence-electron chi connectivity index (χ4n) is 2.11. The Morgan fingerprint density at radius 1 is 1.33 bits per heavy atom. The number of ether oxygens (including phenoxy) is 2. The molecular weight excluding hydrogens is 408 g/mol. The van der Waals surface area contributed by atoms with Gasteiger partial charge in [0.25, 0.3) is 6.43 Å². The number of anilines is 1. The van der Waals surface area contributed by atoms with E-state index in [2.05, 4.69) is 24.7 Å². The van der Waals surface area contributed by atoms with E-state index < -0.39 is 12.1 Å². The molecule has 2 heterocycles. The average Bonchev–Trinajstić information content (AvgIpc) is 3.12. The van der Waals surface area contributed by atoms with E-state index in [-0.39, 0.29) is 17.6 Å². The maximum absolute atomic E-state index is 12.7. The molecule has 0 saturated heterocycles. The monoisotopic (exact) mass is 423 g/mol. The van der Waals surface area contributed by atoms with Gasteiger partial charge in [0.05, 0.1) is 0 Å². The zero-order chi connectivity index (χ0) is 19.6. The van der Waals surface area contributed by atoms with Crippen LogP contribution in [0.1, 0.15) is 17.7 Å². The summed E-state index contributed by atoms with van der Waals surface area (Å²) in [5.41, 5.74) is 0.554. The van der Waals surface area contributed by atoms with Crippen LogP contribution in [0.5, 0.6) is 11.5 Å². The van der Waals surface area contributed by atoms with E-state index in [1.807, 2.05) is 18.2 Å². The number of aromatic nitrogens is 2. The lowest BCUT2D eigenvalue weighted by molar-refractivity contribution is -0.432. The highest BCUT2D eigenvalue weighted by molar-refractivity contribution is 7.93. The number of hydrogen-bond acceptors (Lipinski definition) is 9. The van der Waals surface area contributed by atoms with E-state index in [0.717, 1.165) is 29.7 Å². The number of hydrogen-bond donors (Lipinski definition) is 2. The molecule has 2 aromatic rings. The molecule has 1 aromatic carbocycles. The van der Waals surface area contributed by atoms with Gasteiger partial charge in [0.1, 0.15) is 22.9 Å². The van der Waals surface area contributed by atoms with E-state index in [1.165, 1.54) is 0 Å². The lowest BCUT2D eigenvalue weighted by Gasteiger charge is -2.09. The van der Waals surface area contributed by atoms with Gasteiger partial charge in [-0.3, -0.25) is 0 Å². The number of benzene rings is 1. The van der Waals surface area contributed by atoms with Crippen LogP contribution in [-0.2, 0) is 15.8 Å². The molecule has 8 nitrogen and oxygen atoms in total. The summed E-state index contributed by atoms with van der Waals surface area (Å²) in [5, 5.41) is 13.3. The van der Waals surface area contributed by atoms with Crippen molar-refractivity contribution < 1.29 is 32.9 Å². The largest absolute Gasteiger partial charge is 0.454 e. The molecule has 27 heavy (non-hydrogen) atoms. The molecular formula is C15H16ClF2N3O5S. The maximum atomic E-state index is 12.7. The zero-order valence-electron chi connectivity index (χ0n) is 14.0. The zero-order valence-corrected chi connectivity index (χ0v) is 15.6. The Morgan fingerprint density at radius 2 is 2.11 bits per heavy atom. The molecule has 3 rings (SSSR count). The van der Waals surface area contributed by atoms with Crippen LogP contribution in [0, 0.1) is 0 Å². The Balaban J connectivity index is 0.000000465. The molecule has 0 atom stereocenters. The number of halogens is 3. The lowest BCUT2D eigenvalue weighted by Crippen LogP contribution is -2.08. The van der Waals surface area contributed by atoms with Crippen LogP contribution in [0.4, 0.5) is 14.6 Å². The minimum absolute atomic E-state index is 0.150. The summed E-state index contributed by atoms with van der Waals surface area (Å²) in [6.07, 6.45) is 0.609. The van der Waals surface area contributed by atoms with E-state index in [9.17, 15) is 8.78 Å². The summed E-state index contributed by atoms with van der Waals surface area (Å²) < 4.78 is 39.7. The van der Waals surface area contributed by atoms with Crippen molar-refractivity contribution in [3.8, 4) is 11.5 Å². The van der Waals surface area contributed by atoms with Gasteiger partial charge < -0.3 is 14.8 Å². The first kappa shape index (κ1) is 21.4. The topological polar surface area (TPSA) is 95.0 Å². The van der Waals surface area contributed by atoms with Gasteiger partial charge in [-0.1, -0.05) is 22.7 Å². The molecule has 1 aliphatic rings. The average molecular weight is 424 g/mol. The van der Waals surface area contributed by atoms with E-state index >= 15 is 0 Å². The second-order valence-corrected chi connectivity index (χ2v) is 5.74. The number of alkyl halides is 2. The Bertz CT molecular complexity index is 743. The third kappa shape index (κ3) is 6.33. The van der Waals surface area contributed by atoms with Gasteiger partial charge >= 0.3 is 0 Å². The minimum Gasteiger partial charge on any atom is -0.454 e. The molecule has 0 aliphatic carbocycles. The summed E-state index contributed by atoms with van der Waals surface area (Å²) in [7, 11) is 0. The molecule has 0 spiro atoms. The lowest BCUT2D eigenvalue weighted by atomic mass is 10.1. The van der Waals surface area contributed by atoms with Gasteiger partial charge in [-0.2, -0.15) is 0 Å². The standard InChI is InChI=1S/C14H12ClF2N3O2.CH4O3S/c15-11-12(13(16)17)19-6-20-14(11)18-4-3-8-1-2-9-10(5-8)22-7-21-9;1-5-4-3-2/h1-2,5-6,13H,3-4,7H2,(H,18,19,20);2H,1H3. The first-order valence-corrected chi connectivity index (χ1v) is 9.01. The molecule has 0 fully saturated rings. The van der Waals surface area contributed by atoms with Crippen LogP contribution >= 0.6 is 23.6 Å². The normalized spacial score (nSPS) is 11.9. The molecule has 148 valence electrons. The molecule has 1 aromatic heterocycles. The highest BCUT2D eigenvalue weighted by Gasteiger charge is 2.17. The molecule has 0 unspecified atom stereocenters. The van der Waals surface area contributed by atoms with Crippen molar-refractivity contribution in [3.05, 3.63) is 40.8 Å². The highest BCUT2D eigenvalue weighted by Crippen LogP contribution is 2.33. The third-order valence-electron chi connectivity index (χ3n) is 3.26. The van der Waals surface area contributed by atoms with Crippen molar-refractivity contribution in [2.75, 3.05) is 24.9 Å². The van der Waals surface area contributed by atoms with Crippen LogP contribution < -0.4 is 14.8 Å². The molecule has 1 aliphatic heterocycles. The predicted molar refractivity (Wildman–Crippen MR) is 95.1 cm³/mol. The van der Waals surface area contributed by atoms with Crippen LogP contribution in [0.25, 0.3) is 0 Å². The van der Waals surface area contributed by atoms with Gasteiger partial charge in [-0.15, -0.1) is 4.33 Å². The second kappa shape index (κ2) is 11.0. The van der Waals surface area contributed by atoms with Gasteiger partial charge in [0, 0.05) is 24.8 Å². The van der Waals surface area contributed by atoms with E-state index in [1.54, 1.807) is 6.26 Å². The number of rotatable bonds is 7. The Hall–Kier alpha value is -1.92. The van der Waals surface area contributed by atoms with Crippen LogP contribution in [0.2, 0.25) is 5.02 Å². The smallest absolute Gasteiger partial charge is 0.282 e. The SMILES string of the molecule is CSOOO.FC(F)c1ncnc(NCCc2ccc3c(c2)OCO3)c1Cl.